The number of fused-ring (bicyclic) bond motifs is 1. The van der Waals surface area contributed by atoms with Gasteiger partial charge < -0.3 is 5.32 Å². The number of nitrogens with zero attached hydrogens (tertiary/aromatic N) is 2. The number of aromatic nitrogens is 2. The fourth-order valence-corrected chi connectivity index (χ4v) is 5.10. The number of halogens is 2. The van der Waals surface area contributed by atoms with Gasteiger partial charge in [0.25, 0.3) is 5.91 Å². The van der Waals surface area contributed by atoms with Gasteiger partial charge in [-0.05, 0) is 61.9 Å². The van der Waals surface area contributed by atoms with Crippen LogP contribution < -0.4 is 5.32 Å². The maximum atomic E-state index is 14.6. The first kappa shape index (κ1) is 22.3. The first-order chi connectivity index (χ1) is 16.3. The molecule has 1 aliphatic rings. The van der Waals surface area contributed by atoms with Crippen molar-refractivity contribution in [1.82, 2.24) is 14.9 Å². The Morgan fingerprint density at radius 3 is 2.24 bits per heavy atom. The van der Waals surface area contributed by atoms with Crippen LogP contribution in [0.4, 0.5) is 8.78 Å². The summed E-state index contributed by atoms with van der Waals surface area (Å²) in [4.78, 5) is 13.6. The van der Waals surface area contributed by atoms with Crippen LogP contribution >= 0.6 is 0 Å². The Morgan fingerprint density at radius 1 is 0.971 bits per heavy atom. The molecule has 4 aromatic rings. The molecule has 5 rings (SSSR count). The van der Waals surface area contributed by atoms with Crippen LogP contribution in [0.5, 0.6) is 0 Å². The molecule has 174 valence electrons. The van der Waals surface area contributed by atoms with E-state index in [1.807, 2.05) is 32.0 Å². The second-order valence-corrected chi connectivity index (χ2v) is 9.40. The molecule has 1 fully saturated rings. The highest BCUT2D eigenvalue weighted by atomic mass is 19.1. The third-order valence-corrected chi connectivity index (χ3v) is 6.90. The van der Waals surface area contributed by atoms with Crippen LogP contribution in [-0.2, 0) is 5.54 Å². The minimum Gasteiger partial charge on any atom is -0.342 e. The van der Waals surface area contributed by atoms with E-state index >= 15 is 0 Å². The summed E-state index contributed by atoms with van der Waals surface area (Å²) in [5, 5.41) is 7.92. The molecule has 1 saturated carbocycles. The van der Waals surface area contributed by atoms with Crippen LogP contribution in [-0.4, -0.2) is 15.5 Å². The monoisotopic (exact) mass is 459 g/mol. The summed E-state index contributed by atoms with van der Waals surface area (Å²) in [5.41, 5.74) is 3.35. The quantitative estimate of drug-likeness (QED) is 0.369. The van der Waals surface area contributed by atoms with Crippen molar-refractivity contribution in [2.24, 2.45) is 0 Å². The molecule has 1 N–H and O–H groups in total. The van der Waals surface area contributed by atoms with Gasteiger partial charge in [0.15, 0.2) is 0 Å². The SMILES string of the molecule is Cc1nn2c(C(C)C)c(C(=O)NC3(c4ccccc4)CCC3)ccc2c1-c1c(F)cccc1F. The van der Waals surface area contributed by atoms with Crippen LogP contribution in [0.15, 0.2) is 60.7 Å². The first-order valence-electron chi connectivity index (χ1n) is 11.7. The molecule has 0 atom stereocenters. The Bertz CT molecular complexity index is 1370. The molecule has 1 aliphatic carbocycles. The average Bonchev–Trinajstić information content (AvgIpc) is 3.11. The molecule has 1 amide bonds. The minimum atomic E-state index is -0.638. The summed E-state index contributed by atoms with van der Waals surface area (Å²) in [7, 11) is 0. The van der Waals surface area contributed by atoms with E-state index in [1.54, 1.807) is 23.6 Å². The summed E-state index contributed by atoms with van der Waals surface area (Å²) in [5.74, 6) is -1.49. The van der Waals surface area contributed by atoms with Crippen molar-refractivity contribution in [3.63, 3.8) is 0 Å². The predicted molar refractivity (Wildman–Crippen MR) is 129 cm³/mol. The molecular weight excluding hydrogens is 432 g/mol. The van der Waals surface area contributed by atoms with Crippen LogP contribution in [0.1, 0.15) is 66.3 Å². The smallest absolute Gasteiger partial charge is 0.253 e. The normalized spacial score (nSPS) is 14.9. The summed E-state index contributed by atoms with van der Waals surface area (Å²) < 4.78 is 31.0. The highest BCUT2D eigenvalue weighted by Gasteiger charge is 2.40. The number of carbonyl (C=O) groups excluding carboxylic acids is 1. The molecule has 0 unspecified atom stereocenters. The summed E-state index contributed by atoms with van der Waals surface area (Å²) in [6, 6.07) is 17.4. The Morgan fingerprint density at radius 2 is 1.65 bits per heavy atom. The minimum absolute atomic E-state index is 0.0452. The highest BCUT2D eigenvalue weighted by Crippen LogP contribution is 2.42. The van der Waals surface area contributed by atoms with Gasteiger partial charge in [0.05, 0.1) is 33.6 Å². The molecular formula is C28H27F2N3O. The maximum Gasteiger partial charge on any atom is 0.253 e. The Hall–Kier alpha value is -3.54. The molecule has 2 heterocycles. The van der Waals surface area contributed by atoms with Gasteiger partial charge in [0, 0.05) is 5.56 Å². The zero-order valence-electron chi connectivity index (χ0n) is 19.5. The fraction of sp³-hybridized carbons (Fsp3) is 0.286. The van der Waals surface area contributed by atoms with Gasteiger partial charge in [-0.3, -0.25) is 4.79 Å². The number of carbonyl (C=O) groups is 1. The lowest BCUT2D eigenvalue weighted by molar-refractivity contribution is 0.0821. The van der Waals surface area contributed by atoms with Crippen LogP contribution in [0, 0.1) is 18.6 Å². The zero-order valence-corrected chi connectivity index (χ0v) is 19.5. The summed E-state index contributed by atoms with van der Waals surface area (Å²) in [6.07, 6.45) is 2.83. The summed E-state index contributed by atoms with van der Waals surface area (Å²) in [6.45, 7) is 5.71. The average molecular weight is 460 g/mol. The maximum absolute atomic E-state index is 14.6. The molecule has 2 aromatic carbocycles. The Kier molecular flexibility index (Phi) is 5.47. The zero-order chi connectivity index (χ0) is 24.0. The van der Waals surface area contributed by atoms with Crippen molar-refractivity contribution in [2.45, 2.75) is 51.5 Å². The number of benzene rings is 2. The molecule has 2 aromatic heterocycles. The number of nitrogens with one attached hydrogen (secondary N) is 1. The second kappa shape index (κ2) is 8.35. The van der Waals surface area contributed by atoms with Crippen LogP contribution in [0.2, 0.25) is 0 Å². The van der Waals surface area contributed by atoms with Crippen LogP contribution in [0.3, 0.4) is 0 Å². The molecule has 0 aliphatic heterocycles. The van der Waals surface area contributed by atoms with Crippen molar-refractivity contribution in [3.8, 4) is 11.1 Å². The standard InChI is InChI=1S/C28H27F2N3O/c1-17(2)26-20(27(34)31-28(15-8-16-28)19-9-5-4-6-10-19)13-14-23-24(18(3)32-33(23)26)25-21(29)11-7-12-22(25)30/h4-7,9-14,17H,8,15-16H2,1-3H3,(H,31,34). The lowest BCUT2D eigenvalue weighted by Gasteiger charge is -2.43. The Balaban J connectivity index is 1.62. The topological polar surface area (TPSA) is 46.4 Å². The first-order valence-corrected chi connectivity index (χ1v) is 11.7. The van der Waals surface area contributed by atoms with Gasteiger partial charge >= 0.3 is 0 Å². The third kappa shape index (κ3) is 3.49. The molecule has 4 nitrogen and oxygen atoms in total. The van der Waals surface area contributed by atoms with E-state index in [0.717, 1.165) is 24.8 Å². The number of hydrogen-bond donors (Lipinski definition) is 1. The van der Waals surface area contributed by atoms with Gasteiger partial charge in [-0.2, -0.15) is 5.10 Å². The van der Waals surface area contributed by atoms with Crippen molar-refractivity contribution in [3.05, 3.63) is 94.8 Å². The van der Waals surface area contributed by atoms with Crippen molar-refractivity contribution in [2.75, 3.05) is 0 Å². The predicted octanol–water partition coefficient (Wildman–Crippen LogP) is 6.52. The van der Waals surface area contributed by atoms with Gasteiger partial charge in [-0.25, -0.2) is 13.3 Å². The van der Waals surface area contributed by atoms with Gasteiger partial charge in [0.1, 0.15) is 11.6 Å². The van der Waals surface area contributed by atoms with Gasteiger partial charge in [-0.1, -0.05) is 50.2 Å². The highest BCUT2D eigenvalue weighted by molar-refractivity contribution is 5.97. The lowest BCUT2D eigenvalue weighted by atomic mass is 9.71. The van der Waals surface area contributed by atoms with E-state index in [-0.39, 0.29) is 22.9 Å². The second-order valence-electron chi connectivity index (χ2n) is 9.40. The fourth-order valence-electron chi connectivity index (χ4n) is 5.10. The van der Waals surface area contributed by atoms with E-state index < -0.39 is 11.6 Å². The van der Waals surface area contributed by atoms with Crippen molar-refractivity contribution < 1.29 is 13.6 Å². The van der Waals surface area contributed by atoms with Gasteiger partial charge in [0.2, 0.25) is 0 Å². The number of pyridine rings is 1. The molecule has 0 spiro atoms. The number of rotatable bonds is 5. The lowest BCUT2D eigenvalue weighted by Crippen LogP contribution is -2.51. The molecule has 0 bridgehead atoms. The van der Waals surface area contributed by atoms with E-state index in [4.69, 9.17) is 0 Å². The number of amides is 1. The third-order valence-electron chi connectivity index (χ3n) is 6.90. The molecule has 0 saturated heterocycles. The van der Waals surface area contributed by atoms with Crippen molar-refractivity contribution >= 4 is 11.4 Å². The molecule has 0 radical (unpaired) electrons. The van der Waals surface area contributed by atoms with E-state index in [1.165, 1.54) is 18.2 Å². The summed E-state index contributed by atoms with van der Waals surface area (Å²) >= 11 is 0. The largest absolute Gasteiger partial charge is 0.342 e. The van der Waals surface area contributed by atoms with Gasteiger partial charge in [-0.15, -0.1) is 0 Å². The molecule has 34 heavy (non-hydrogen) atoms. The number of hydrogen-bond acceptors (Lipinski definition) is 2. The van der Waals surface area contributed by atoms with E-state index in [2.05, 4.69) is 22.5 Å². The van der Waals surface area contributed by atoms with E-state index in [9.17, 15) is 13.6 Å². The van der Waals surface area contributed by atoms with Crippen LogP contribution in [0.25, 0.3) is 16.6 Å². The van der Waals surface area contributed by atoms with E-state index in [0.29, 0.717) is 28.0 Å². The van der Waals surface area contributed by atoms with Crippen molar-refractivity contribution in [1.29, 1.82) is 0 Å². The molecule has 6 heteroatoms. The Labute approximate surface area is 197 Å². The number of aryl methyl sites for hydroxylation is 1.